The van der Waals surface area contributed by atoms with E-state index in [4.69, 9.17) is 0 Å². The van der Waals surface area contributed by atoms with E-state index < -0.39 is 9.84 Å². The molecule has 0 bridgehead atoms. The topological polar surface area (TPSA) is 54.4 Å². The minimum atomic E-state index is -2.91. The molecular weight excluding hydrogens is 224 g/mol. The van der Waals surface area contributed by atoms with Crippen molar-refractivity contribution in [2.24, 2.45) is 5.41 Å². The maximum absolute atomic E-state index is 11.5. The Morgan fingerprint density at radius 1 is 1.12 bits per heavy atom. The van der Waals surface area contributed by atoms with Crippen LogP contribution in [0.5, 0.6) is 0 Å². The van der Waals surface area contributed by atoms with E-state index in [1.807, 2.05) is 20.8 Å². The van der Waals surface area contributed by atoms with Gasteiger partial charge in [-0.1, -0.05) is 20.8 Å². The minimum absolute atomic E-state index is 0.114. The van der Waals surface area contributed by atoms with Crippen LogP contribution in [0.15, 0.2) is 0 Å². The molecule has 0 aromatic carbocycles. The van der Waals surface area contributed by atoms with Gasteiger partial charge < -0.3 is 5.11 Å². The van der Waals surface area contributed by atoms with Gasteiger partial charge in [0.05, 0.1) is 17.1 Å². The zero-order valence-corrected chi connectivity index (χ0v) is 12.0. The summed E-state index contributed by atoms with van der Waals surface area (Å²) in [5, 5.41) is 9.48. The Balaban J connectivity index is 3.87. The van der Waals surface area contributed by atoms with Crippen LogP contribution in [0.4, 0.5) is 0 Å². The fraction of sp³-hybridized carbons (Fsp3) is 1.00. The lowest BCUT2D eigenvalue weighted by molar-refractivity contribution is 0.0538. The molecule has 0 aliphatic rings. The van der Waals surface area contributed by atoms with Crippen molar-refractivity contribution in [3.63, 3.8) is 0 Å². The van der Waals surface area contributed by atoms with Gasteiger partial charge in [0.25, 0.3) is 0 Å². The van der Waals surface area contributed by atoms with Gasteiger partial charge >= 0.3 is 0 Å². The quantitative estimate of drug-likeness (QED) is 0.736. The number of unbranched alkanes of at least 4 members (excludes halogenated alkanes) is 1. The van der Waals surface area contributed by atoms with Crippen molar-refractivity contribution in [1.82, 2.24) is 0 Å². The Morgan fingerprint density at radius 2 is 1.62 bits per heavy atom. The van der Waals surface area contributed by atoms with E-state index in [-0.39, 0.29) is 22.5 Å². The second kappa shape index (κ2) is 6.01. The third-order valence-electron chi connectivity index (χ3n) is 2.87. The summed E-state index contributed by atoms with van der Waals surface area (Å²) in [6, 6.07) is 0. The molecule has 1 N–H and O–H groups in total. The van der Waals surface area contributed by atoms with Gasteiger partial charge in [0.2, 0.25) is 0 Å². The van der Waals surface area contributed by atoms with Crippen molar-refractivity contribution in [2.45, 2.75) is 65.2 Å². The third-order valence-corrected chi connectivity index (χ3v) is 5.17. The molecule has 1 atom stereocenters. The molecule has 0 rings (SSSR count). The first-order chi connectivity index (χ1) is 7.07. The molecule has 0 spiro atoms. The molecule has 0 aliphatic heterocycles. The number of aliphatic hydroxyl groups excluding tert-OH is 1. The van der Waals surface area contributed by atoms with E-state index >= 15 is 0 Å². The van der Waals surface area contributed by atoms with E-state index in [0.717, 1.165) is 6.42 Å². The molecule has 4 heteroatoms. The van der Waals surface area contributed by atoms with Crippen molar-refractivity contribution in [3.8, 4) is 0 Å². The molecule has 0 saturated carbocycles. The Hall–Kier alpha value is -0.0900. The van der Waals surface area contributed by atoms with Crippen molar-refractivity contribution in [2.75, 3.05) is 5.75 Å². The van der Waals surface area contributed by atoms with E-state index in [1.54, 1.807) is 13.8 Å². The van der Waals surface area contributed by atoms with E-state index in [1.165, 1.54) is 0 Å². The van der Waals surface area contributed by atoms with Gasteiger partial charge in [-0.25, -0.2) is 8.42 Å². The summed E-state index contributed by atoms with van der Waals surface area (Å²) in [6.07, 6.45) is 1.74. The monoisotopic (exact) mass is 250 g/mol. The fourth-order valence-electron chi connectivity index (χ4n) is 1.31. The van der Waals surface area contributed by atoms with Crippen molar-refractivity contribution in [1.29, 1.82) is 0 Å². The highest BCUT2D eigenvalue weighted by atomic mass is 32.2. The first kappa shape index (κ1) is 15.9. The van der Waals surface area contributed by atoms with Crippen LogP contribution in [0.1, 0.15) is 53.9 Å². The van der Waals surface area contributed by atoms with Crippen LogP contribution in [0.3, 0.4) is 0 Å². The summed E-state index contributed by atoms with van der Waals surface area (Å²) < 4.78 is 23.0. The Bertz CT molecular complexity index is 286. The molecule has 0 saturated heterocycles. The second-order valence-electron chi connectivity index (χ2n) is 5.79. The molecule has 0 aromatic heterocycles. The average molecular weight is 250 g/mol. The first-order valence-corrected chi connectivity index (χ1v) is 7.68. The highest BCUT2D eigenvalue weighted by molar-refractivity contribution is 7.91. The molecule has 0 aromatic rings. The highest BCUT2D eigenvalue weighted by Crippen LogP contribution is 2.23. The largest absolute Gasteiger partial charge is 0.393 e. The maximum Gasteiger partial charge on any atom is 0.152 e. The molecule has 1 unspecified atom stereocenters. The van der Waals surface area contributed by atoms with Crippen LogP contribution < -0.4 is 0 Å². The predicted molar refractivity (Wildman–Crippen MR) is 68.2 cm³/mol. The highest BCUT2D eigenvalue weighted by Gasteiger charge is 2.22. The molecule has 3 nitrogen and oxygen atoms in total. The molecule has 0 radical (unpaired) electrons. The standard InChI is InChI=1S/C12H26O3S/c1-10(2)16(14,15)9-7-6-8-11(13)12(3,4)5/h10-11,13H,6-9H2,1-5H3. The molecule has 98 valence electrons. The van der Waals surface area contributed by atoms with Crippen LogP contribution in [0, 0.1) is 5.41 Å². The number of sulfone groups is 1. The van der Waals surface area contributed by atoms with Crippen LogP contribution in [-0.2, 0) is 9.84 Å². The number of hydrogen-bond acceptors (Lipinski definition) is 3. The van der Waals surface area contributed by atoms with Gasteiger partial charge in [-0.15, -0.1) is 0 Å². The van der Waals surface area contributed by atoms with Gasteiger partial charge in [-0.3, -0.25) is 0 Å². The first-order valence-electron chi connectivity index (χ1n) is 5.97. The zero-order valence-electron chi connectivity index (χ0n) is 11.2. The fourth-order valence-corrected chi connectivity index (χ4v) is 2.39. The Kier molecular flexibility index (Phi) is 5.98. The van der Waals surface area contributed by atoms with E-state index in [0.29, 0.717) is 12.8 Å². The lowest BCUT2D eigenvalue weighted by atomic mass is 9.86. The summed E-state index contributed by atoms with van der Waals surface area (Å²) in [7, 11) is -2.91. The second-order valence-corrected chi connectivity index (χ2v) is 8.47. The molecule has 0 amide bonds. The molecule has 0 heterocycles. The van der Waals surface area contributed by atoms with Crippen molar-refractivity contribution >= 4 is 9.84 Å². The molecule has 0 fully saturated rings. The van der Waals surface area contributed by atoms with Crippen LogP contribution in [0.25, 0.3) is 0 Å². The van der Waals surface area contributed by atoms with Gasteiger partial charge in [-0.05, 0) is 38.5 Å². The van der Waals surface area contributed by atoms with Gasteiger partial charge in [0.15, 0.2) is 9.84 Å². The number of rotatable bonds is 6. The number of hydrogen-bond donors (Lipinski definition) is 1. The number of aliphatic hydroxyl groups is 1. The van der Waals surface area contributed by atoms with Crippen molar-refractivity contribution in [3.05, 3.63) is 0 Å². The van der Waals surface area contributed by atoms with E-state index in [9.17, 15) is 13.5 Å². The normalized spacial score (nSPS) is 15.4. The Morgan fingerprint density at radius 3 is 2.00 bits per heavy atom. The van der Waals surface area contributed by atoms with Gasteiger partial charge in [0, 0.05) is 0 Å². The van der Waals surface area contributed by atoms with E-state index in [2.05, 4.69) is 0 Å². The maximum atomic E-state index is 11.5. The smallest absolute Gasteiger partial charge is 0.152 e. The van der Waals surface area contributed by atoms with Crippen molar-refractivity contribution < 1.29 is 13.5 Å². The van der Waals surface area contributed by atoms with Gasteiger partial charge in [-0.2, -0.15) is 0 Å². The van der Waals surface area contributed by atoms with Crippen LogP contribution in [0.2, 0.25) is 0 Å². The SMILES string of the molecule is CC(C)S(=O)(=O)CCCCC(O)C(C)(C)C. The summed E-state index contributed by atoms with van der Waals surface area (Å²) in [6.45, 7) is 9.38. The predicted octanol–water partition coefficient (Wildman–Crippen LogP) is 2.39. The summed E-state index contributed by atoms with van der Waals surface area (Å²) in [5.41, 5.74) is -0.114. The van der Waals surface area contributed by atoms with Gasteiger partial charge in [0.1, 0.15) is 0 Å². The van der Waals surface area contributed by atoms with Crippen LogP contribution >= 0.6 is 0 Å². The summed E-state index contributed by atoms with van der Waals surface area (Å²) in [5.74, 6) is 0.238. The molecule has 16 heavy (non-hydrogen) atoms. The average Bonchev–Trinajstić information content (AvgIpc) is 2.10. The minimum Gasteiger partial charge on any atom is -0.393 e. The third kappa shape index (κ3) is 5.85. The lowest BCUT2D eigenvalue weighted by Gasteiger charge is -2.25. The Labute approximate surface area is 100 Å². The summed E-state index contributed by atoms with van der Waals surface area (Å²) >= 11 is 0. The lowest BCUT2D eigenvalue weighted by Crippen LogP contribution is -2.26. The van der Waals surface area contributed by atoms with Crippen LogP contribution in [-0.4, -0.2) is 30.6 Å². The summed E-state index contributed by atoms with van der Waals surface area (Å²) in [4.78, 5) is 0. The molecule has 0 aliphatic carbocycles. The molecular formula is C12H26O3S. The zero-order chi connectivity index (χ0) is 13.0.